The minimum absolute atomic E-state index is 0.0437. The second-order valence-electron chi connectivity index (χ2n) is 6.00. The smallest absolute Gasteiger partial charge is 0.320 e. The van der Waals surface area contributed by atoms with Crippen LogP contribution in [0.2, 0.25) is 0 Å². The van der Waals surface area contributed by atoms with Gasteiger partial charge < -0.3 is 5.11 Å². The number of hydrogen-bond acceptors (Lipinski definition) is 3. The number of nitrogens with one attached hydrogen (secondary N) is 1. The van der Waals surface area contributed by atoms with Gasteiger partial charge >= 0.3 is 5.97 Å². The third-order valence-corrected chi connectivity index (χ3v) is 5.19. The molecule has 0 saturated heterocycles. The van der Waals surface area contributed by atoms with Crippen LogP contribution in [0.4, 0.5) is 0 Å². The Kier molecular flexibility index (Phi) is 5.01. The molecule has 2 N–H and O–H groups in total. The highest BCUT2D eigenvalue weighted by atomic mass is 32.1. The fourth-order valence-electron chi connectivity index (χ4n) is 2.70. The van der Waals surface area contributed by atoms with Gasteiger partial charge in [-0.2, -0.15) is 0 Å². The van der Waals surface area contributed by atoms with Gasteiger partial charge in [0.15, 0.2) is 0 Å². The van der Waals surface area contributed by atoms with Crippen molar-refractivity contribution in [3.05, 3.63) is 34.7 Å². The van der Waals surface area contributed by atoms with E-state index in [0.29, 0.717) is 12.3 Å². The molecule has 21 heavy (non-hydrogen) atoms. The molecular formula is C17H23NO2S. The quantitative estimate of drug-likeness (QED) is 0.833. The Morgan fingerprint density at radius 1 is 1.29 bits per heavy atom. The zero-order valence-electron chi connectivity index (χ0n) is 13.0. The first-order valence-electron chi connectivity index (χ1n) is 7.37. The van der Waals surface area contributed by atoms with Crippen LogP contribution >= 0.6 is 11.3 Å². The van der Waals surface area contributed by atoms with E-state index in [1.54, 1.807) is 11.3 Å². The number of benzene rings is 1. The Hall–Kier alpha value is -1.39. The Morgan fingerprint density at radius 3 is 2.52 bits per heavy atom. The molecule has 0 fully saturated rings. The summed E-state index contributed by atoms with van der Waals surface area (Å²) in [5.41, 5.74) is 1.25. The maximum Gasteiger partial charge on any atom is 0.320 e. The van der Waals surface area contributed by atoms with Gasteiger partial charge in [-0.15, -0.1) is 11.3 Å². The second-order valence-corrected chi connectivity index (χ2v) is 7.08. The van der Waals surface area contributed by atoms with Crippen molar-refractivity contribution in [2.24, 2.45) is 5.92 Å². The molecule has 1 aromatic heterocycles. The standard InChI is InChI=1S/C17H23NO2S/c1-10(2)9-14(17(19)20)18-12(4)16-11(3)13-7-5-6-8-15(13)21-16/h5-8,10,12,14,18H,9H2,1-4H3,(H,19,20). The van der Waals surface area contributed by atoms with E-state index in [0.717, 1.165) is 0 Å². The molecule has 0 aliphatic heterocycles. The lowest BCUT2D eigenvalue weighted by Gasteiger charge is -2.21. The van der Waals surface area contributed by atoms with Crippen LogP contribution in [0.25, 0.3) is 10.1 Å². The lowest BCUT2D eigenvalue weighted by Crippen LogP contribution is -2.39. The average Bonchev–Trinajstić information content (AvgIpc) is 2.75. The summed E-state index contributed by atoms with van der Waals surface area (Å²) in [6.07, 6.45) is 0.642. The molecule has 0 bridgehead atoms. The summed E-state index contributed by atoms with van der Waals surface area (Å²) in [5.74, 6) is -0.413. The van der Waals surface area contributed by atoms with Crippen LogP contribution in [0.5, 0.6) is 0 Å². The summed E-state index contributed by atoms with van der Waals surface area (Å²) in [7, 11) is 0. The SMILES string of the molecule is Cc1c(C(C)NC(CC(C)C)C(=O)O)sc2ccccc12. The van der Waals surface area contributed by atoms with Crippen molar-refractivity contribution in [1.29, 1.82) is 0 Å². The van der Waals surface area contributed by atoms with Crippen molar-refractivity contribution >= 4 is 27.4 Å². The lowest BCUT2D eigenvalue weighted by molar-refractivity contribution is -0.140. The van der Waals surface area contributed by atoms with Gasteiger partial charge in [0.2, 0.25) is 0 Å². The monoisotopic (exact) mass is 305 g/mol. The number of carboxylic acids is 1. The third kappa shape index (κ3) is 3.63. The van der Waals surface area contributed by atoms with Gasteiger partial charge in [-0.3, -0.25) is 10.1 Å². The molecule has 0 spiro atoms. The Labute approximate surface area is 130 Å². The molecule has 2 unspecified atom stereocenters. The zero-order chi connectivity index (χ0) is 15.6. The van der Waals surface area contributed by atoms with Crippen LogP contribution in [0, 0.1) is 12.8 Å². The van der Waals surface area contributed by atoms with Gasteiger partial charge in [-0.05, 0) is 43.2 Å². The second kappa shape index (κ2) is 6.58. The minimum Gasteiger partial charge on any atom is -0.480 e. The number of hydrogen-bond donors (Lipinski definition) is 2. The van der Waals surface area contributed by atoms with Gasteiger partial charge in [0.1, 0.15) is 6.04 Å². The molecule has 0 aliphatic rings. The molecule has 2 atom stereocenters. The zero-order valence-corrected chi connectivity index (χ0v) is 13.8. The molecule has 0 aliphatic carbocycles. The van der Waals surface area contributed by atoms with Gasteiger partial charge in [0.25, 0.3) is 0 Å². The molecule has 2 aromatic rings. The van der Waals surface area contributed by atoms with Gasteiger partial charge in [-0.1, -0.05) is 32.0 Å². The van der Waals surface area contributed by atoms with E-state index >= 15 is 0 Å². The summed E-state index contributed by atoms with van der Waals surface area (Å²) in [6, 6.07) is 7.88. The molecule has 114 valence electrons. The van der Waals surface area contributed by atoms with Crippen molar-refractivity contribution < 1.29 is 9.90 Å². The number of carboxylic acid groups (broad SMARTS) is 1. The summed E-state index contributed by atoms with van der Waals surface area (Å²) >= 11 is 1.75. The first-order valence-corrected chi connectivity index (χ1v) is 8.18. The number of carbonyl (C=O) groups is 1. The van der Waals surface area contributed by atoms with Crippen molar-refractivity contribution in [3.63, 3.8) is 0 Å². The fourth-order valence-corrected chi connectivity index (χ4v) is 3.92. The fraction of sp³-hybridized carbons (Fsp3) is 0.471. The van der Waals surface area contributed by atoms with E-state index in [4.69, 9.17) is 0 Å². The van der Waals surface area contributed by atoms with E-state index in [9.17, 15) is 9.90 Å². The van der Waals surface area contributed by atoms with E-state index in [1.165, 1.54) is 20.5 Å². The Bertz CT molecular complexity index is 633. The van der Waals surface area contributed by atoms with E-state index in [1.807, 2.05) is 32.9 Å². The Morgan fingerprint density at radius 2 is 1.95 bits per heavy atom. The maximum atomic E-state index is 11.4. The number of thiophene rings is 1. The number of rotatable bonds is 6. The Balaban J connectivity index is 2.23. The highest BCUT2D eigenvalue weighted by molar-refractivity contribution is 7.19. The first-order chi connectivity index (χ1) is 9.90. The highest BCUT2D eigenvalue weighted by Crippen LogP contribution is 2.34. The van der Waals surface area contributed by atoms with Gasteiger partial charge in [0.05, 0.1) is 0 Å². The summed E-state index contributed by atoms with van der Waals surface area (Å²) in [4.78, 5) is 12.6. The molecule has 0 radical (unpaired) electrons. The molecule has 1 heterocycles. The third-order valence-electron chi connectivity index (χ3n) is 3.73. The predicted octanol–water partition coefficient (Wildman–Crippen LogP) is 4.36. The van der Waals surface area contributed by atoms with Crippen molar-refractivity contribution in [3.8, 4) is 0 Å². The number of aryl methyl sites for hydroxylation is 1. The van der Waals surface area contributed by atoms with Gasteiger partial charge in [-0.25, -0.2) is 0 Å². The van der Waals surface area contributed by atoms with Crippen LogP contribution in [-0.2, 0) is 4.79 Å². The number of fused-ring (bicyclic) bond motifs is 1. The summed E-state index contributed by atoms with van der Waals surface area (Å²) < 4.78 is 1.26. The largest absolute Gasteiger partial charge is 0.480 e. The van der Waals surface area contributed by atoms with Crippen molar-refractivity contribution in [1.82, 2.24) is 5.32 Å². The molecule has 3 nitrogen and oxygen atoms in total. The predicted molar refractivity (Wildman–Crippen MR) is 89.0 cm³/mol. The van der Waals surface area contributed by atoms with Crippen LogP contribution in [-0.4, -0.2) is 17.1 Å². The topological polar surface area (TPSA) is 49.3 Å². The van der Waals surface area contributed by atoms with E-state index in [2.05, 4.69) is 24.4 Å². The van der Waals surface area contributed by atoms with E-state index in [-0.39, 0.29) is 6.04 Å². The highest BCUT2D eigenvalue weighted by Gasteiger charge is 2.23. The summed E-state index contributed by atoms with van der Waals surface area (Å²) in [5, 5.41) is 13.9. The van der Waals surface area contributed by atoms with Crippen molar-refractivity contribution in [2.75, 3.05) is 0 Å². The molecule has 0 amide bonds. The molecule has 0 saturated carbocycles. The van der Waals surface area contributed by atoms with Crippen molar-refractivity contribution in [2.45, 2.75) is 46.2 Å². The number of aliphatic carboxylic acids is 1. The molecule has 4 heteroatoms. The van der Waals surface area contributed by atoms with E-state index < -0.39 is 12.0 Å². The molecular weight excluding hydrogens is 282 g/mol. The summed E-state index contributed by atoms with van der Waals surface area (Å²) in [6.45, 7) is 8.26. The van der Waals surface area contributed by atoms with Crippen LogP contribution in [0.3, 0.4) is 0 Å². The van der Waals surface area contributed by atoms with Crippen LogP contribution in [0.1, 0.15) is 43.7 Å². The van der Waals surface area contributed by atoms with Crippen LogP contribution in [0.15, 0.2) is 24.3 Å². The molecule has 2 rings (SSSR count). The minimum atomic E-state index is -0.769. The lowest BCUT2D eigenvalue weighted by atomic mass is 10.0. The van der Waals surface area contributed by atoms with Gasteiger partial charge in [0, 0.05) is 15.6 Å². The first kappa shape index (κ1) is 16.0. The maximum absolute atomic E-state index is 11.4. The normalized spacial score (nSPS) is 14.5. The van der Waals surface area contributed by atoms with Crippen LogP contribution < -0.4 is 5.32 Å². The molecule has 1 aromatic carbocycles. The average molecular weight is 305 g/mol.